The molecule has 0 aliphatic heterocycles. The molecule has 6 nitrogen and oxygen atoms in total. The number of methoxy groups -OCH3 is 1. The maximum Gasteiger partial charge on any atom is 0.274 e. The van der Waals surface area contributed by atoms with Gasteiger partial charge < -0.3 is 14.2 Å². The van der Waals surface area contributed by atoms with E-state index >= 15 is 0 Å². The number of aromatic nitrogens is 2. The van der Waals surface area contributed by atoms with Gasteiger partial charge in [-0.2, -0.15) is 0 Å². The van der Waals surface area contributed by atoms with Crippen molar-refractivity contribution in [3.63, 3.8) is 0 Å². The number of nitrogens with zero attached hydrogens (tertiary/aromatic N) is 2. The molecule has 7 heteroatoms. The molecule has 0 saturated carbocycles. The van der Waals surface area contributed by atoms with Gasteiger partial charge in [0.2, 0.25) is 0 Å². The second-order valence-corrected chi connectivity index (χ2v) is 10.9. The molecule has 2 heterocycles. The molecule has 0 bridgehead atoms. The van der Waals surface area contributed by atoms with Crippen molar-refractivity contribution in [2.24, 2.45) is 0 Å². The van der Waals surface area contributed by atoms with Gasteiger partial charge in [-0.1, -0.05) is 62.4 Å². The molecular formula is C30H30N2O4S. The predicted molar refractivity (Wildman–Crippen MR) is 149 cm³/mol. The van der Waals surface area contributed by atoms with Gasteiger partial charge in [0.25, 0.3) is 5.56 Å². The molecule has 0 fully saturated rings. The van der Waals surface area contributed by atoms with Crippen LogP contribution in [0.2, 0.25) is 0 Å². The lowest BCUT2D eigenvalue weighted by atomic mass is 9.87. The molecule has 5 aromatic rings. The van der Waals surface area contributed by atoms with Crippen molar-refractivity contribution < 1.29 is 14.2 Å². The summed E-state index contributed by atoms with van der Waals surface area (Å²) in [5, 5.41) is 0. The molecule has 0 N–H and O–H groups in total. The lowest BCUT2D eigenvalue weighted by Gasteiger charge is -2.19. The van der Waals surface area contributed by atoms with Crippen molar-refractivity contribution >= 4 is 33.4 Å². The first kappa shape index (κ1) is 24.8. The fourth-order valence-corrected chi connectivity index (χ4v) is 5.13. The Morgan fingerprint density at radius 2 is 1.70 bits per heavy atom. The Balaban J connectivity index is 1.22. The third-order valence-electron chi connectivity index (χ3n) is 6.17. The molecule has 0 spiro atoms. The number of thiazole rings is 1. The number of ether oxygens (including phenoxy) is 3. The first-order valence-electron chi connectivity index (χ1n) is 12.3. The van der Waals surface area contributed by atoms with Crippen LogP contribution in [-0.2, 0) is 5.41 Å². The fourth-order valence-electron chi connectivity index (χ4n) is 4.14. The zero-order chi connectivity index (χ0) is 26.0. The Morgan fingerprint density at radius 1 is 0.946 bits per heavy atom. The van der Waals surface area contributed by atoms with Crippen molar-refractivity contribution in [3.8, 4) is 17.2 Å². The van der Waals surface area contributed by atoms with Crippen molar-refractivity contribution in [2.75, 3.05) is 20.3 Å². The van der Waals surface area contributed by atoms with Crippen LogP contribution < -0.4 is 24.3 Å². The minimum atomic E-state index is -0.0685. The normalized spacial score (nSPS) is 12.4. The molecule has 37 heavy (non-hydrogen) atoms. The second kappa shape index (κ2) is 10.3. The van der Waals surface area contributed by atoms with E-state index in [-0.39, 0.29) is 11.0 Å². The highest BCUT2D eigenvalue weighted by atomic mass is 32.1. The summed E-state index contributed by atoms with van der Waals surface area (Å²) in [6.45, 7) is 7.65. The Morgan fingerprint density at radius 3 is 2.46 bits per heavy atom. The van der Waals surface area contributed by atoms with Crippen LogP contribution in [0.1, 0.15) is 38.3 Å². The van der Waals surface area contributed by atoms with E-state index in [9.17, 15) is 4.79 Å². The van der Waals surface area contributed by atoms with Crippen LogP contribution in [0.3, 0.4) is 0 Å². The summed E-state index contributed by atoms with van der Waals surface area (Å²) < 4.78 is 19.7. The van der Waals surface area contributed by atoms with E-state index in [4.69, 9.17) is 14.2 Å². The van der Waals surface area contributed by atoms with E-state index in [0.29, 0.717) is 34.2 Å². The number of hydrogen-bond donors (Lipinski definition) is 0. The summed E-state index contributed by atoms with van der Waals surface area (Å²) >= 11 is 1.38. The standard InChI is InChI=1S/C30H30N2O4S/c1-30(2,3)21-11-13-22(14-12-21)35-16-7-17-36-25-15-10-20(18-26(25)34-4)19-27-28(33)32-24-9-6-5-8-23(24)31-29(32)37-27/h5-6,8-15,18-19H,7,16-17H2,1-4H3/b27-19+. The van der Waals surface area contributed by atoms with Crippen molar-refractivity contribution in [1.82, 2.24) is 9.38 Å². The Hall–Kier alpha value is -3.84. The molecule has 0 aliphatic rings. The van der Waals surface area contributed by atoms with Gasteiger partial charge in [-0.3, -0.25) is 4.79 Å². The summed E-state index contributed by atoms with van der Waals surface area (Å²) in [6, 6.07) is 21.6. The zero-order valence-corrected chi connectivity index (χ0v) is 22.3. The van der Waals surface area contributed by atoms with Crippen molar-refractivity contribution in [1.29, 1.82) is 0 Å². The molecule has 2 aromatic heterocycles. The van der Waals surface area contributed by atoms with Gasteiger partial charge in [-0.25, -0.2) is 9.38 Å². The van der Waals surface area contributed by atoms with Crippen LogP contribution in [-0.4, -0.2) is 29.7 Å². The Kier molecular flexibility index (Phi) is 6.89. The summed E-state index contributed by atoms with van der Waals surface area (Å²) in [5.41, 5.74) is 3.85. The van der Waals surface area contributed by atoms with Gasteiger partial charge in [-0.15, -0.1) is 0 Å². The van der Waals surface area contributed by atoms with E-state index in [1.54, 1.807) is 11.5 Å². The highest BCUT2D eigenvalue weighted by Gasteiger charge is 2.13. The number of para-hydroxylation sites is 2. The molecule has 0 radical (unpaired) electrons. The molecule has 0 saturated heterocycles. The number of benzene rings is 3. The molecule has 5 rings (SSSR count). The van der Waals surface area contributed by atoms with Crippen LogP contribution in [0.15, 0.2) is 71.5 Å². The van der Waals surface area contributed by atoms with Crippen molar-refractivity contribution in [2.45, 2.75) is 32.6 Å². The molecule has 0 aliphatic carbocycles. The highest BCUT2D eigenvalue weighted by molar-refractivity contribution is 7.15. The molecule has 3 aromatic carbocycles. The van der Waals surface area contributed by atoms with Gasteiger partial charge in [0.15, 0.2) is 16.5 Å². The lowest BCUT2D eigenvalue weighted by Crippen LogP contribution is -2.22. The van der Waals surface area contributed by atoms with E-state index in [2.05, 4.69) is 37.9 Å². The first-order chi connectivity index (χ1) is 17.8. The topological polar surface area (TPSA) is 62.1 Å². The van der Waals surface area contributed by atoms with Gasteiger partial charge in [0.05, 0.1) is 35.9 Å². The van der Waals surface area contributed by atoms with Gasteiger partial charge >= 0.3 is 0 Å². The smallest absolute Gasteiger partial charge is 0.274 e. The second-order valence-electron chi connectivity index (χ2n) is 9.87. The first-order valence-corrected chi connectivity index (χ1v) is 13.1. The summed E-state index contributed by atoms with van der Waals surface area (Å²) in [7, 11) is 1.61. The fraction of sp³-hybridized carbons (Fsp3) is 0.267. The highest BCUT2D eigenvalue weighted by Crippen LogP contribution is 2.29. The van der Waals surface area contributed by atoms with Crippen LogP contribution in [0, 0.1) is 0 Å². The van der Waals surface area contributed by atoms with E-state index < -0.39 is 0 Å². The molecule has 190 valence electrons. The number of hydrogen-bond acceptors (Lipinski definition) is 6. The van der Waals surface area contributed by atoms with E-state index in [1.807, 2.05) is 60.7 Å². The molecule has 0 amide bonds. The molecule has 0 atom stereocenters. The Labute approximate surface area is 219 Å². The average Bonchev–Trinajstić information content (AvgIpc) is 3.40. The number of fused-ring (bicyclic) bond motifs is 3. The SMILES string of the molecule is COc1cc(/C=c2/sc3nc4ccccc4n3c2=O)ccc1OCCCOc1ccc(C(C)(C)C)cc1. The predicted octanol–water partition coefficient (Wildman–Crippen LogP) is 5.61. The van der Waals surface area contributed by atoms with Crippen molar-refractivity contribution in [3.05, 3.63) is 92.7 Å². The maximum atomic E-state index is 13.0. The largest absolute Gasteiger partial charge is 0.493 e. The Bertz CT molecular complexity index is 1650. The summed E-state index contributed by atoms with van der Waals surface area (Å²) in [5.74, 6) is 2.13. The van der Waals surface area contributed by atoms with Gasteiger partial charge in [0.1, 0.15) is 5.75 Å². The van der Waals surface area contributed by atoms with Crippen LogP contribution in [0.4, 0.5) is 0 Å². The number of imidazole rings is 1. The number of rotatable bonds is 8. The van der Waals surface area contributed by atoms with Crippen LogP contribution in [0.5, 0.6) is 17.2 Å². The zero-order valence-electron chi connectivity index (χ0n) is 21.5. The van der Waals surface area contributed by atoms with E-state index in [1.165, 1.54) is 16.9 Å². The lowest BCUT2D eigenvalue weighted by molar-refractivity contribution is 0.240. The maximum absolute atomic E-state index is 13.0. The average molecular weight is 515 g/mol. The minimum Gasteiger partial charge on any atom is -0.493 e. The third kappa shape index (κ3) is 5.32. The molecule has 0 unspecified atom stereocenters. The van der Waals surface area contributed by atoms with Gasteiger partial charge in [0, 0.05) is 6.42 Å². The van der Waals surface area contributed by atoms with Gasteiger partial charge in [-0.05, 0) is 59.0 Å². The molecular weight excluding hydrogens is 484 g/mol. The van der Waals surface area contributed by atoms with Crippen LogP contribution >= 0.6 is 11.3 Å². The monoisotopic (exact) mass is 514 g/mol. The summed E-state index contributed by atoms with van der Waals surface area (Å²) in [6.07, 6.45) is 2.60. The van der Waals surface area contributed by atoms with Crippen LogP contribution in [0.25, 0.3) is 22.1 Å². The quantitative estimate of drug-likeness (QED) is 0.252. The van der Waals surface area contributed by atoms with E-state index in [0.717, 1.165) is 28.8 Å². The minimum absolute atomic E-state index is 0.0685. The summed E-state index contributed by atoms with van der Waals surface area (Å²) in [4.78, 5) is 18.3. The third-order valence-corrected chi connectivity index (χ3v) is 7.13.